The summed E-state index contributed by atoms with van der Waals surface area (Å²) in [6, 6.07) is 6.20. The fraction of sp³-hybridized carbons (Fsp3) is 0.273. The molecule has 0 bridgehead atoms. The summed E-state index contributed by atoms with van der Waals surface area (Å²) < 4.78 is 18.3. The van der Waals surface area contributed by atoms with Gasteiger partial charge in [0, 0.05) is 6.42 Å². The van der Waals surface area contributed by atoms with E-state index < -0.39 is 0 Å². The average molecular weight is 221 g/mol. The lowest BCUT2D eigenvalue weighted by Gasteiger charge is -1.97. The molecule has 2 aromatic rings. The third-order valence-electron chi connectivity index (χ3n) is 2.18. The van der Waals surface area contributed by atoms with Crippen LogP contribution in [0.25, 0.3) is 0 Å². The Labute approximate surface area is 92.3 Å². The van der Waals surface area contributed by atoms with E-state index in [1.165, 1.54) is 6.07 Å². The van der Waals surface area contributed by atoms with Crippen molar-refractivity contribution in [1.82, 2.24) is 10.1 Å². The zero-order valence-electron chi connectivity index (χ0n) is 8.85. The van der Waals surface area contributed by atoms with E-state index >= 15 is 0 Å². The van der Waals surface area contributed by atoms with Crippen molar-refractivity contribution in [2.24, 2.45) is 5.73 Å². The topological polar surface area (TPSA) is 64.9 Å². The van der Waals surface area contributed by atoms with Crippen molar-refractivity contribution in [2.75, 3.05) is 0 Å². The molecule has 0 amide bonds. The normalized spacial score (nSPS) is 12.7. The van der Waals surface area contributed by atoms with Crippen molar-refractivity contribution >= 4 is 0 Å². The Hall–Kier alpha value is -1.75. The van der Waals surface area contributed by atoms with E-state index in [0.717, 1.165) is 0 Å². The Morgan fingerprint density at radius 2 is 2.19 bits per heavy atom. The van der Waals surface area contributed by atoms with E-state index in [1.54, 1.807) is 25.1 Å². The number of hydrogen-bond donors (Lipinski definition) is 1. The molecule has 0 saturated carbocycles. The number of nitrogens with two attached hydrogens (primary N) is 1. The van der Waals surface area contributed by atoms with Crippen LogP contribution in [0.2, 0.25) is 0 Å². The number of hydrogen-bond acceptors (Lipinski definition) is 4. The molecular formula is C11H12FN3O. The molecule has 0 aliphatic heterocycles. The zero-order chi connectivity index (χ0) is 11.5. The van der Waals surface area contributed by atoms with E-state index in [2.05, 4.69) is 10.1 Å². The van der Waals surface area contributed by atoms with Gasteiger partial charge in [-0.2, -0.15) is 4.98 Å². The standard InChI is InChI=1S/C11H12FN3O/c1-7(13)11-14-10(15-16-11)6-8-4-2-3-5-9(8)12/h2-5,7H,6,13H2,1H3. The molecule has 1 aromatic heterocycles. The van der Waals surface area contributed by atoms with Crippen LogP contribution < -0.4 is 5.73 Å². The molecule has 2 rings (SSSR count). The molecule has 1 aromatic carbocycles. The lowest BCUT2D eigenvalue weighted by molar-refractivity contribution is 0.357. The lowest BCUT2D eigenvalue weighted by Crippen LogP contribution is -2.05. The second kappa shape index (κ2) is 4.40. The quantitative estimate of drug-likeness (QED) is 0.858. The minimum absolute atomic E-state index is 0.269. The molecule has 1 heterocycles. The third kappa shape index (κ3) is 2.25. The number of rotatable bonds is 3. The second-order valence-electron chi connectivity index (χ2n) is 3.61. The minimum Gasteiger partial charge on any atom is -0.338 e. The molecule has 84 valence electrons. The first kappa shape index (κ1) is 10.8. The molecule has 4 nitrogen and oxygen atoms in total. The highest BCUT2D eigenvalue weighted by atomic mass is 19.1. The highest BCUT2D eigenvalue weighted by Gasteiger charge is 2.11. The largest absolute Gasteiger partial charge is 0.338 e. The van der Waals surface area contributed by atoms with Crippen LogP contribution in [-0.4, -0.2) is 10.1 Å². The SMILES string of the molecule is CC(N)c1nc(Cc2ccccc2F)no1. The van der Waals surface area contributed by atoms with Crippen LogP contribution in [0.1, 0.15) is 30.2 Å². The monoisotopic (exact) mass is 221 g/mol. The van der Waals surface area contributed by atoms with Gasteiger partial charge < -0.3 is 10.3 Å². The smallest absolute Gasteiger partial charge is 0.243 e. The van der Waals surface area contributed by atoms with Gasteiger partial charge in [-0.1, -0.05) is 23.4 Å². The van der Waals surface area contributed by atoms with Crippen LogP contribution in [0, 0.1) is 5.82 Å². The predicted molar refractivity (Wildman–Crippen MR) is 56.1 cm³/mol. The molecule has 2 N–H and O–H groups in total. The van der Waals surface area contributed by atoms with Crippen LogP contribution >= 0.6 is 0 Å². The third-order valence-corrected chi connectivity index (χ3v) is 2.18. The number of halogens is 1. The van der Waals surface area contributed by atoms with Gasteiger partial charge in [0.15, 0.2) is 5.82 Å². The first-order chi connectivity index (χ1) is 7.66. The molecule has 0 aliphatic carbocycles. The Morgan fingerprint density at radius 3 is 2.81 bits per heavy atom. The van der Waals surface area contributed by atoms with Gasteiger partial charge in [0.2, 0.25) is 5.89 Å². The maximum absolute atomic E-state index is 13.3. The Balaban J connectivity index is 2.18. The van der Waals surface area contributed by atoms with Crippen molar-refractivity contribution in [3.05, 3.63) is 47.4 Å². The predicted octanol–water partition coefficient (Wildman–Crippen LogP) is 1.82. The molecule has 1 unspecified atom stereocenters. The number of aromatic nitrogens is 2. The van der Waals surface area contributed by atoms with Crippen LogP contribution in [-0.2, 0) is 6.42 Å². The van der Waals surface area contributed by atoms with Crippen molar-refractivity contribution in [3.63, 3.8) is 0 Å². The first-order valence-electron chi connectivity index (χ1n) is 4.98. The number of benzene rings is 1. The van der Waals surface area contributed by atoms with Crippen molar-refractivity contribution < 1.29 is 8.91 Å². The molecule has 0 aliphatic rings. The van der Waals surface area contributed by atoms with E-state index in [9.17, 15) is 4.39 Å². The zero-order valence-corrected chi connectivity index (χ0v) is 8.85. The van der Waals surface area contributed by atoms with Gasteiger partial charge in [-0.15, -0.1) is 0 Å². The van der Waals surface area contributed by atoms with Crippen LogP contribution in [0.3, 0.4) is 0 Å². The summed E-state index contributed by atoms with van der Waals surface area (Å²) in [6.07, 6.45) is 0.308. The van der Waals surface area contributed by atoms with Crippen molar-refractivity contribution in [2.45, 2.75) is 19.4 Å². The minimum atomic E-state index is -0.304. The Morgan fingerprint density at radius 1 is 1.44 bits per heavy atom. The Bertz CT molecular complexity index is 482. The molecule has 16 heavy (non-hydrogen) atoms. The summed E-state index contributed by atoms with van der Waals surface area (Å²) >= 11 is 0. The van der Waals surface area contributed by atoms with Crippen molar-refractivity contribution in [1.29, 1.82) is 0 Å². The summed E-state index contributed by atoms with van der Waals surface area (Å²) in [5.74, 6) is 0.540. The summed E-state index contributed by atoms with van der Waals surface area (Å²) in [7, 11) is 0. The molecule has 1 atom stereocenters. The van der Waals surface area contributed by atoms with Gasteiger partial charge in [0.05, 0.1) is 6.04 Å². The van der Waals surface area contributed by atoms with E-state index in [1.807, 2.05) is 0 Å². The molecule has 5 heteroatoms. The highest BCUT2D eigenvalue weighted by molar-refractivity contribution is 5.20. The summed E-state index contributed by atoms with van der Waals surface area (Å²) in [5.41, 5.74) is 6.12. The maximum atomic E-state index is 13.3. The molecule has 0 spiro atoms. The number of nitrogens with zero attached hydrogens (tertiary/aromatic N) is 2. The van der Waals surface area contributed by atoms with Crippen LogP contribution in [0.5, 0.6) is 0 Å². The van der Waals surface area contributed by atoms with Crippen LogP contribution in [0.15, 0.2) is 28.8 Å². The van der Waals surface area contributed by atoms with Crippen molar-refractivity contribution in [3.8, 4) is 0 Å². The van der Waals surface area contributed by atoms with Gasteiger partial charge in [-0.05, 0) is 18.6 Å². The molecule has 0 fully saturated rings. The van der Waals surface area contributed by atoms with E-state index in [4.69, 9.17) is 10.3 Å². The van der Waals surface area contributed by atoms with Gasteiger partial charge in [-0.3, -0.25) is 0 Å². The summed E-state index contributed by atoms with van der Waals surface area (Å²) in [5, 5.41) is 3.74. The summed E-state index contributed by atoms with van der Waals surface area (Å²) in [4.78, 5) is 4.08. The summed E-state index contributed by atoms with van der Waals surface area (Å²) in [6.45, 7) is 1.75. The van der Waals surface area contributed by atoms with E-state index in [0.29, 0.717) is 23.7 Å². The molecule has 0 saturated heterocycles. The van der Waals surface area contributed by atoms with Gasteiger partial charge in [-0.25, -0.2) is 4.39 Å². The fourth-order valence-electron chi connectivity index (χ4n) is 1.34. The average Bonchev–Trinajstić information content (AvgIpc) is 2.70. The van der Waals surface area contributed by atoms with Gasteiger partial charge in [0.25, 0.3) is 0 Å². The maximum Gasteiger partial charge on any atom is 0.243 e. The first-order valence-corrected chi connectivity index (χ1v) is 4.98. The highest BCUT2D eigenvalue weighted by Crippen LogP contribution is 2.12. The Kier molecular flexibility index (Phi) is 2.96. The lowest BCUT2D eigenvalue weighted by atomic mass is 10.1. The molecular weight excluding hydrogens is 209 g/mol. The fourth-order valence-corrected chi connectivity index (χ4v) is 1.34. The van der Waals surface area contributed by atoms with E-state index in [-0.39, 0.29) is 11.9 Å². The second-order valence-corrected chi connectivity index (χ2v) is 3.61. The van der Waals surface area contributed by atoms with Crippen LogP contribution in [0.4, 0.5) is 4.39 Å². The molecule has 0 radical (unpaired) electrons. The van der Waals surface area contributed by atoms with Gasteiger partial charge in [0.1, 0.15) is 5.82 Å². The van der Waals surface area contributed by atoms with Gasteiger partial charge >= 0.3 is 0 Å².